The molecule has 94 valence electrons. The number of aromatic nitrogens is 3. The summed E-state index contributed by atoms with van der Waals surface area (Å²) < 4.78 is 7.30. The molecule has 3 rings (SSSR count). The molecule has 0 aromatic carbocycles. The van der Waals surface area contributed by atoms with Crippen molar-refractivity contribution in [2.45, 2.75) is 32.3 Å². The number of carbonyl (C=O) groups is 1. The first-order valence-corrected chi connectivity index (χ1v) is 6.09. The highest BCUT2D eigenvalue weighted by atomic mass is 16.5. The zero-order valence-electron chi connectivity index (χ0n) is 10.5. The first-order valence-electron chi connectivity index (χ1n) is 6.09. The molecule has 0 N–H and O–H groups in total. The van der Waals surface area contributed by atoms with Crippen LogP contribution >= 0.6 is 0 Å². The second-order valence-electron chi connectivity index (χ2n) is 4.62. The van der Waals surface area contributed by atoms with Crippen LogP contribution in [0.15, 0.2) is 17.7 Å². The lowest BCUT2D eigenvalue weighted by Gasteiger charge is -2.20. The van der Waals surface area contributed by atoms with Gasteiger partial charge >= 0.3 is 0 Å². The van der Waals surface area contributed by atoms with Gasteiger partial charge in [0.1, 0.15) is 11.6 Å². The number of Topliss-reactive ketones (excluding diaryl/α,β-unsaturated/α-hetero) is 1. The van der Waals surface area contributed by atoms with Gasteiger partial charge in [-0.3, -0.25) is 9.36 Å². The Labute approximate surface area is 105 Å². The Kier molecular flexibility index (Phi) is 2.63. The van der Waals surface area contributed by atoms with Crippen molar-refractivity contribution in [2.24, 2.45) is 0 Å². The number of carbonyl (C=O) groups excluding carboxylic acids is 1. The molecule has 0 bridgehead atoms. The van der Waals surface area contributed by atoms with Crippen molar-refractivity contribution in [1.82, 2.24) is 14.8 Å². The molecule has 2 aliphatic rings. The number of aryl methyl sites for hydroxylation is 2. The number of rotatable bonds is 1. The lowest BCUT2D eigenvalue weighted by atomic mass is 9.95. The molecule has 1 aromatic rings. The molecule has 0 radical (unpaired) electrons. The largest absolute Gasteiger partial charge is 0.377 e. The van der Waals surface area contributed by atoms with Gasteiger partial charge in [0.2, 0.25) is 0 Å². The topological polar surface area (TPSA) is 57.0 Å². The van der Waals surface area contributed by atoms with E-state index in [9.17, 15) is 4.79 Å². The highest BCUT2D eigenvalue weighted by Gasteiger charge is 2.28. The van der Waals surface area contributed by atoms with Crippen molar-refractivity contribution < 1.29 is 9.53 Å². The van der Waals surface area contributed by atoms with E-state index in [-0.39, 0.29) is 11.9 Å². The van der Waals surface area contributed by atoms with Gasteiger partial charge in [-0.1, -0.05) is 6.08 Å². The minimum atomic E-state index is -0.00830. The lowest BCUT2D eigenvalue weighted by Crippen LogP contribution is -2.18. The Bertz CT molecular complexity index is 569. The molecular formula is C13H15N3O2. The average Bonchev–Trinajstić information content (AvgIpc) is 2.69. The Morgan fingerprint density at radius 3 is 3.00 bits per heavy atom. The van der Waals surface area contributed by atoms with E-state index in [1.54, 1.807) is 7.11 Å². The summed E-state index contributed by atoms with van der Waals surface area (Å²) in [6.07, 6.45) is 5.72. The summed E-state index contributed by atoms with van der Waals surface area (Å²) >= 11 is 0. The van der Waals surface area contributed by atoms with Gasteiger partial charge < -0.3 is 4.74 Å². The fraction of sp³-hybridized carbons (Fsp3) is 0.462. The van der Waals surface area contributed by atoms with Crippen LogP contribution < -0.4 is 0 Å². The van der Waals surface area contributed by atoms with Crippen LogP contribution in [-0.2, 0) is 16.0 Å². The Morgan fingerprint density at radius 2 is 2.22 bits per heavy atom. The van der Waals surface area contributed by atoms with E-state index in [4.69, 9.17) is 4.74 Å². The molecule has 1 atom stereocenters. The summed E-state index contributed by atoms with van der Waals surface area (Å²) in [7, 11) is 1.66. The van der Waals surface area contributed by atoms with Crippen molar-refractivity contribution >= 4 is 11.5 Å². The van der Waals surface area contributed by atoms with E-state index in [1.807, 2.05) is 23.6 Å². The summed E-state index contributed by atoms with van der Waals surface area (Å²) in [5.74, 6) is 1.89. The highest BCUT2D eigenvalue weighted by Crippen LogP contribution is 2.30. The Hall–Kier alpha value is -1.75. The van der Waals surface area contributed by atoms with E-state index < -0.39 is 0 Å². The molecular weight excluding hydrogens is 230 g/mol. The number of hydrogen-bond acceptors (Lipinski definition) is 4. The van der Waals surface area contributed by atoms with Gasteiger partial charge in [0, 0.05) is 31.9 Å². The smallest absolute Gasteiger partial charge is 0.161 e. The van der Waals surface area contributed by atoms with E-state index in [2.05, 4.69) is 10.2 Å². The van der Waals surface area contributed by atoms with Gasteiger partial charge in [-0.15, -0.1) is 10.2 Å². The standard InChI is InChI=1S/C13H15N3O2/c1-8-14-15-13-6-5-12(17)10-7-9(18-2)3-4-11(10)16(8)13/h3-4,9H,5-7H2,1-2H3. The minimum Gasteiger partial charge on any atom is -0.377 e. The van der Waals surface area contributed by atoms with Crippen LogP contribution in [0.5, 0.6) is 0 Å². The third-order valence-electron chi connectivity index (χ3n) is 3.53. The quantitative estimate of drug-likeness (QED) is 0.748. The first-order chi connectivity index (χ1) is 8.70. The Morgan fingerprint density at radius 1 is 1.39 bits per heavy atom. The highest BCUT2D eigenvalue weighted by molar-refractivity contribution is 6.03. The van der Waals surface area contributed by atoms with Crippen molar-refractivity contribution in [2.75, 3.05) is 7.11 Å². The van der Waals surface area contributed by atoms with E-state index in [0.29, 0.717) is 19.3 Å². The molecule has 0 amide bonds. The first kappa shape index (κ1) is 11.3. The monoisotopic (exact) mass is 245 g/mol. The summed E-state index contributed by atoms with van der Waals surface area (Å²) in [6, 6.07) is 0. The maximum Gasteiger partial charge on any atom is 0.161 e. The van der Waals surface area contributed by atoms with Crippen molar-refractivity contribution in [3.05, 3.63) is 29.4 Å². The average molecular weight is 245 g/mol. The minimum absolute atomic E-state index is 0.00830. The van der Waals surface area contributed by atoms with Crippen LogP contribution in [0, 0.1) is 6.92 Å². The number of methoxy groups -OCH3 is 1. The van der Waals surface area contributed by atoms with Crippen molar-refractivity contribution in [1.29, 1.82) is 0 Å². The van der Waals surface area contributed by atoms with Gasteiger partial charge in [-0.05, 0) is 13.0 Å². The number of allylic oxidation sites excluding steroid dienone is 2. The van der Waals surface area contributed by atoms with Crippen LogP contribution in [0.3, 0.4) is 0 Å². The predicted octanol–water partition coefficient (Wildman–Crippen LogP) is 1.29. The molecule has 1 aromatic heterocycles. The van der Waals surface area contributed by atoms with Gasteiger partial charge in [0.15, 0.2) is 5.78 Å². The number of ketones is 1. The molecule has 1 unspecified atom stereocenters. The van der Waals surface area contributed by atoms with Crippen LogP contribution in [0.2, 0.25) is 0 Å². The molecule has 0 saturated carbocycles. The predicted molar refractivity (Wildman–Crippen MR) is 65.9 cm³/mol. The molecule has 5 heteroatoms. The van der Waals surface area contributed by atoms with E-state index in [0.717, 1.165) is 22.9 Å². The number of fused-ring (bicyclic) bond motifs is 2. The molecule has 0 spiro atoms. The van der Waals surface area contributed by atoms with E-state index in [1.165, 1.54) is 0 Å². The Balaban J connectivity index is 2.15. The number of nitrogens with zero attached hydrogens (tertiary/aromatic N) is 3. The van der Waals surface area contributed by atoms with Gasteiger partial charge in [-0.2, -0.15) is 0 Å². The maximum atomic E-state index is 12.2. The lowest BCUT2D eigenvalue weighted by molar-refractivity contribution is -0.115. The molecule has 5 nitrogen and oxygen atoms in total. The van der Waals surface area contributed by atoms with Gasteiger partial charge in [-0.25, -0.2) is 0 Å². The van der Waals surface area contributed by atoms with Crippen LogP contribution in [0.4, 0.5) is 0 Å². The molecule has 0 saturated heterocycles. The fourth-order valence-electron chi connectivity index (χ4n) is 2.56. The second-order valence-corrected chi connectivity index (χ2v) is 4.62. The summed E-state index contributed by atoms with van der Waals surface area (Å²) in [5.41, 5.74) is 1.76. The normalized spacial score (nSPS) is 22.8. The molecule has 2 heterocycles. The van der Waals surface area contributed by atoms with Crippen molar-refractivity contribution in [3.63, 3.8) is 0 Å². The summed E-state index contributed by atoms with van der Waals surface area (Å²) in [6.45, 7) is 1.91. The number of ether oxygens (including phenoxy) is 1. The zero-order chi connectivity index (χ0) is 12.7. The summed E-state index contributed by atoms with van der Waals surface area (Å²) in [4.78, 5) is 12.2. The number of hydrogen-bond donors (Lipinski definition) is 0. The third-order valence-corrected chi connectivity index (χ3v) is 3.53. The van der Waals surface area contributed by atoms with Crippen LogP contribution in [0.25, 0.3) is 5.70 Å². The fourth-order valence-corrected chi connectivity index (χ4v) is 2.56. The molecule has 18 heavy (non-hydrogen) atoms. The zero-order valence-corrected chi connectivity index (χ0v) is 10.5. The molecule has 0 fully saturated rings. The van der Waals surface area contributed by atoms with E-state index >= 15 is 0 Å². The summed E-state index contributed by atoms with van der Waals surface area (Å²) in [5, 5.41) is 8.24. The van der Waals surface area contributed by atoms with Gasteiger partial charge in [0.05, 0.1) is 11.8 Å². The van der Waals surface area contributed by atoms with Crippen LogP contribution in [0.1, 0.15) is 24.5 Å². The SMILES string of the molecule is COC1C=CC2=C(C1)C(=O)CCc1nnc(C)n12. The van der Waals surface area contributed by atoms with Gasteiger partial charge in [0.25, 0.3) is 0 Å². The second kappa shape index (κ2) is 4.17. The third kappa shape index (κ3) is 1.62. The van der Waals surface area contributed by atoms with Crippen LogP contribution in [-0.4, -0.2) is 33.8 Å². The molecule has 1 aliphatic carbocycles. The van der Waals surface area contributed by atoms with Crippen molar-refractivity contribution in [3.8, 4) is 0 Å². The maximum absolute atomic E-state index is 12.2. The molecule has 1 aliphatic heterocycles.